The molecule has 0 saturated carbocycles. The van der Waals surface area contributed by atoms with Crippen LogP contribution in [0.5, 0.6) is 5.75 Å². The Morgan fingerprint density at radius 1 is 1.03 bits per heavy atom. The van der Waals surface area contributed by atoms with Crippen LogP contribution in [0, 0.1) is 6.92 Å². The second-order valence-electron chi connectivity index (χ2n) is 7.03. The number of hydrogen-bond donors (Lipinski definition) is 1. The summed E-state index contributed by atoms with van der Waals surface area (Å²) in [5.74, 6) is -0.0187. The summed E-state index contributed by atoms with van der Waals surface area (Å²) >= 11 is 1.57. The first-order valence-corrected chi connectivity index (χ1v) is 11.9. The molecule has 0 aliphatic heterocycles. The van der Waals surface area contributed by atoms with E-state index in [1.54, 1.807) is 47.7 Å². The summed E-state index contributed by atoms with van der Waals surface area (Å²) in [4.78, 5) is 16.9. The van der Waals surface area contributed by atoms with Crippen LogP contribution in [-0.4, -0.2) is 19.3 Å². The van der Waals surface area contributed by atoms with Gasteiger partial charge in [0.2, 0.25) is 5.91 Å². The number of benzene rings is 3. The van der Waals surface area contributed by atoms with Crippen molar-refractivity contribution >= 4 is 37.5 Å². The number of rotatable bonds is 7. The van der Waals surface area contributed by atoms with Gasteiger partial charge in [-0.2, -0.15) is 0 Å². The van der Waals surface area contributed by atoms with E-state index in [-0.39, 0.29) is 11.3 Å². The normalized spacial score (nSPS) is 11.4. The van der Waals surface area contributed by atoms with E-state index in [4.69, 9.17) is 4.74 Å². The Labute approximate surface area is 184 Å². The molecule has 0 unspecified atom stereocenters. The van der Waals surface area contributed by atoms with Crippen molar-refractivity contribution in [3.8, 4) is 5.75 Å². The lowest BCUT2D eigenvalue weighted by Crippen LogP contribution is -2.31. The molecule has 1 amide bonds. The second-order valence-corrected chi connectivity index (χ2v) is 9.83. The Morgan fingerprint density at radius 3 is 2.58 bits per heavy atom. The van der Waals surface area contributed by atoms with Crippen LogP contribution < -0.4 is 9.46 Å². The van der Waals surface area contributed by atoms with Gasteiger partial charge >= 0.3 is 0 Å². The van der Waals surface area contributed by atoms with Crippen molar-refractivity contribution in [2.75, 3.05) is 0 Å². The molecule has 0 atom stereocenters. The van der Waals surface area contributed by atoms with Crippen LogP contribution in [-0.2, 0) is 27.8 Å². The molecule has 0 spiro atoms. The maximum Gasteiger partial charge on any atom is 0.264 e. The van der Waals surface area contributed by atoms with Gasteiger partial charge in [0.1, 0.15) is 17.4 Å². The summed E-state index contributed by atoms with van der Waals surface area (Å²) in [7, 11) is -3.90. The average Bonchev–Trinajstić information content (AvgIpc) is 3.15. The van der Waals surface area contributed by atoms with Crippen molar-refractivity contribution in [1.29, 1.82) is 0 Å². The van der Waals surface area contributed by atoms with Crippen molar-refractivity contribution in [3.05, 3.63) is 88.9 Å². The molecule has 6 nitrogen and oxygen atoms in total. The van der Waals surface area contributed by atoms with Gasteiger partial charge in [-0.05, 0) is 48.9 Å². The number of nitrogens with one attached hydrogen (secondary N) is 1. The van der Waals surface area contributed by atoms with Crippen molar-refractivity contribution in [2.24, 2.45) is 0 Å². The standard InChI is InChI=1S/C23H20N2O4S2/c1-16-9-11-19(12-10-16)31(27,28)25-22(26)14-17-5-4-6-18(13-17)29-15-23-24-20-7-2-3-8-21(20)30-23/h2-13H,14-15H2,1H3,(H,25,26). The predicted octanol–water partition coefficient (Wildman–Crippen LogP) is 4.23. The van der Waals surface area contributed by atoms with Gasteiger partial charge < -0.3 is 4.74 Å². The molecule has 1 heterocycles. The third-order valence-corrected chi connectivity index (χ3v) is 6.94. The van der Waals surface area contributed by atoms with Gasteiger partial charge in [0.05, 0.1) is 21.5 Å². The molecule has 0 saturated heterocycles. The molecule has 0 aliphatic rings. The van der Waals surface area contributed by atoms with Crippen molar-refractivity contribution in [3.63, 3.8) is 0 Å². The van der Waals surface area contributed by atoms with Gasteiger partial charge in [-0.15, -0.1) is 11.3 Å². The molecule has 0 bridgehead atoms. The van der Waals surface area contributed by atoms with E-state index >= 15 is 0 Å². The Bertz CT molecular complexity index is 1300. The Morgan fingerprint density at radius 2 is 1.81 bits per heavy atom. The van der Waals surface area contributed by atoms with Gasteiger partial charge in [0.15, 0.2) is 0 Å². The topological polar surface area (TPSA) is 85.4 Å². The van der Waals surface area contributed by atoms with Gasteiger partial charge in [0.25, 0.3) is 10.0 Å². The molecule has 1 aromatic heterocycles. The minimum absolute atomic E-state index is 0.0550. The van der Waals surface area contributed by atoms with E-state index in [1.807, 2.05) is 31.2 Å². The Balaban J connectivity index is 1.38. The fourth-order valence-corrected chi connectivity index (χ4v) is 4.88. The second kappa shape index (κ2) is 8.87. The number of nitrogens with zero attached hydrogens (tertiary/aromatic N) is 1. The lowest BCUT2D eigenvalue weighted by Gasteiger charge is -2.09. The van der Waals surface area contributed by atoms with E-state index < -0.39 is 15.9 Å². The monoisotopic (exact) mass is 452 g/mol. The number of thiazole rings is 1. The third kappa shape index (κ3) is 5.28. The molecule has 3 aromatic carbocycles. The number of aromatic nitrogens is 1. The summed E-state index contributed by atoms with van der Waals surface area (Å²) in [5.41, 5.74) is 2.53. The molecule has 8 heteroatoms. The number of ether oxygens (including phenoxy) is 1. The van der Waals surface area contributed by atoms with Gasteiger partial charge in [0, 0.05) is 0 Å². The first-order valence-electron chi connectivity index (χ1n) is 9.57. The van der Waals surface area contributed by atoms with Crippen molar-refractivity contribution in [1.82, 2.24) is 9.71 Å². The first-order chi connectivity index (χ1) is 14.9. The van der Waals surface area contributed by atoms with Gasteiger partial charge in [-0.3, -0.25) is 4.79 Å². The zero-order chi connectivity index (χ0) is 21.8. The number of amides is 1. The Hall–Kier alpha value is -3.23. The number of aryl methyl sites for hydroxylation is 1. The number of sulfonamides is 1. The maximum absolute atomic E-state index is 12.4. The quantitative estimate of drug-likeness (QED) is 0.454. The van der Waals surface area contributed by atoms with Crippen LogP contribution in [0.1, 0.15) is 16.1 Å². The third-order valence-electron chi connectivity index (χ3n) is 4.54. The number of para-hydroxylation sites is 1. The van der Waals surface area contributed by atoms with Crippen molar-refractivity contribution in [2.45, 2.75) is 24.8 Å². The molecule has 1 N–H and O–H groups in total. The maximum atomic E-state index is 12.4. The molecule has 0 aliphatic carbocycles. The smallest absolute Gasteiger partial charge is 0.264 e. The highest BCUT2D eigenvalue weighted by atomic mass is 32.2. The average molecular weight is 453 g/mol. The molecule has 158 valence electrons. The van der Waals surface area contributed by atoms with E-state index in [0.29, 0.717) is 17.9 Å². The molecular weight excluding hydrogens is 432 g/mol. The number of hydrogen-bond acceptors (Lipinski definition) is 6. The highest BCUT2D eigenvalue weighted by Gasteiger charge is 2.17. The fourth-order valence-electron chi connectivity index (χ4n) is 3.02. The van der Waals surface area contributed by atoms with Crippen LogP contribution in [0.15, 0.2) is 77.7 Å². The van der Waals surface area contributed by atoms with E-state index in [9.17, 15) is 13.2 Å². The van der Waals surface area contributed by atoms with Crippen LogP contribution in [0.4, 0.5) is 0 Å². The van der Waals surface area contributed by atoms with E-state index in [2.05, 4.69) is 9.71 Å². The summed E-state index contributed by atoms with van der Waals surface area (Å²) < 4.78 is 33.8. The van der Waals surface area contributed by atoms with Crippen molar-refractivity contribution < 1.29 is 17.9 Å². The summed E-state index contributed by atoms with van der Waals surface area (Å²) in [6, 6.07) is 21.2. The Kier molecular flexibility index (Phi) is 6.01. The largest absolute Gasteiger partial charge is 0.486 e. The zero-order valence-electron chi connectivity index (χ0n) is 16.7. The number of fused-ring (bicyclic) bond motifs is 1. The highest BCUT2D eigenvalue weighted by molar-refractivity contribution is 7.90. The minimum Gasteiger partial charge on any atom is -0.486 e. The number of carbonyl (C=O) groups excluding carboxylic acids is 1. The van der Waals surface area contributed by atoms with Crippen LogP contribution in [0.3, 0.4) is 0 Å². The lowest BCUT2D eigenvalue weighted by atomic mass is 10.1. The molecule has 31 heavy (non-hydrogen) atoms. The summed E-state index contributed by atoms with van der Waals surface area (Å²) in [6.45, 7) is 2.18. The van der Waals surface area contributed by atoms with Crippen LogP contribution >= 0.6 is 11.3 Å². The fraction of sp³-hybridized carbons (Fsp3) is 0.130. The SMILES string of the molecule is Cc1ccc(S(=O)(=O)NC(=O)Cc2cccc(OCc3nc4ccccc4s3)c2)cc1. The number of carbonyl (C=O) groups is 1. The lowest BCUT2D eigenvalue weighted by molar-refractivity contribution is -0.118. The zero-order valence-corrected chi connectivity index (χ0v) is 18.4. The predicted molar refractivity (Wildman–Crippen MR) is 121 cm³/mol. The molecular formula is C23H20N2O4S2. The minimum atomic E-state index is -3.90. The van der Waals surface area contributed by atoms with Gasteiger partial charge in [-0.25, -0.2) is 18.1 Å². The summed E-state index contributed by atoms with van der Waals surface area (Å²) in [5, 5.41) is 0.855. The highest BCUT2D eigenvalue weighted by Crippen LogP contribution is 2.23. The molecule has 4 aromatic rings. The molecule has 0 radical (unpaired) electrons. The molecule has 4 rings (SSSR count). The van der Waals surface area contributed by atoms with E-state index in [0.717, 1.165) is 20.8 Å². The molecule has 0 fully saturated rings. The van der Waals surface area contributed by atoms with Gasteiger partial charge in [-0.1, -0.05) is 42.0 Å². The van der Waals surface area contributed by atoms with Crippen LogP contribution in [0.2, 0.25) is 0 Å². The first kappa shape index (κ1) is 21.0. The van der Waals surface area contributed by atoms with Crippen LogP contribution in [0.25, 0.3) is 10.2 Å². The summed E-state index contributed by atoms with van der Waals surface area (Å²) in [6.07, 6.45) is -0.0799. The van der Waals surface area contributed by atoms with E-state index in [1.165, 1.54) is 12.1 Å².